The van der Waals surface area contributed by atoms with Crippen LogP contribution < -0.4 is 10.2 Å². The molecule has 1 N–H and O–H groups in total. The molecule has 150 valence electrons. The fourth-order valence-electron chi connectivity index (χ4n) is 4.87. The normalized spacial score (nSPS) is 22.5. The molecule has 1 aromatic carbocycles. The number of carbonyl (C=O) groups excluding carboxylic acids is 1. The molecule has 0 atom stereocenters. The highest BCUT2D eigenvalue weighted by atomic mass is 19.1. The maximum Gasteiger partial charge on any atom is 0.253 e. The fraction of sp³-hybridized carbons (Fsp3) is 0.600. The molecule has 1 amide bonds. The van der Waals surface area contributed by atoms with E-state index in [0.29, 0.717) is 30.2 Å². The predicted molar refractivity (Wildman–Crippen MR) is 106 cm³/mol. The maximum absolute atomic E-state index is 14.0. The van der Waals surface area contributed by atoms with Gasteiger partial charge >= 0.3 is 0 Å². The summed E-state index contributed by atoms with van der Waals surface area (Å²) in [6.07, 6.45) is 2.48. The van der Waals surface area contributed by atoms with Crippen molar-refractivity contribution in [1.29, 1.82) is 0 Å². The lowest BCUT2D eigenvalue weighted by Gasteiger charge is -2.42. The van der Waals surface area contributed by atoms with E-state index in [1.54, 1.807) is 0 Å². The number of piperazine rings is 1. The summed E-state index contributed by atoms with van der Waals surface area (Å²) in [4.78, 5) is 24.4. The number of amides is 1. The summed E-state index contributed by atoms with van der Waals surface area (Å²) in [6, 6.07) is 3.44. The number of piperidine rings is 1. The molecule has 5 rings (SSSR count). The number of rotatable bonds is 2. The molecule has 2 saturated heterocycles. The predicted octanol–water partition coefficient (Wildman–Crippen LogP) is 1.13. The standard InChI is InChI=1S/C20H27FN6O/c1-24-5-2-15(3-6-24)25-8-10-26(11-9-25)20-23-17-13-14(21)12-16-18(17)27(20)7-4-22-19(16)28/h12-13,15H,2-11H2,1H3,(H,22,28). The molecule has 0 unspecified atom stereocenters. The van der Waals surface area contributed by atoms with Gasteiger partial charge in [0.2, 0.25) is 5.95 Å². The highest BCUT2D eigenvalue weighted by Gasteiger charge is 2.30. The Balaban J connectivity index is 1.39. The number of anilines is 1. The van der Waals surface area contributed by atoms with Crippen LogP contribution in [0.25, 0.3) is 11.0 Å². The SMILES string of the molecule is CN1CCC(N2CCN(c3nc4cc(F)cc5c4n3CCNC5=O)CC2)CC1. The number of nitrogens with zero attached hydrogens (tertiary/aromatic N) is 5. The van der Waals surface area contributed by atoms with Crippen molar-refractivity contribution >= 4 is 22.9 Å². The molecule has 0 bridgehead atoms. The van der Waals surface area contributed by atoms with Crippen molar-refractivity contribution in [2.45, 2.75) is 25.4 Å². The third kappa shape index (κ3) is 3.04. The Labute approximate surface area is 164 Å². The lowest BCUT2D eigenvalue weighted by molar-refractivity contribution is 0.0956. The number of imidazole rings is 1. The minimum absolute atomic E-state index is 0.221. The van der Waals surface area contributed by atoms with Gasteiger partial charge in [-0.25, -0.2) is 9.37 Å². The first-order valence-electron chi connectivity index (χ1n) is 10.3. The van der Waals surface area contributed by atoms with E-state index in [4.69, 9.17) is 4.98 Å². The van der Waals surface area contributed by atoms with Gasteiger partial charge in [-0.05, 0) is 39.0 Å². The zero-order valence-electron chi connectivity index (χ0n) is 16.3. The summed E-state index contributed by atoms with van der Waals surface area (Å²) >= 11 is 0. The molecule has 0 radical (unpaired) electrons. The Morgan fingerprint density at radius 3 is 2.57 bits per heavy atom. The topological polar surface area (TPSA) is 56.6 Å². The largest absolute Gasteiger partial charge is 0.350 e. The van der Waals surface area contributed by atoms with E-state index in [1.165, 1.54) is 38.1 Å². The van der Waals surface area contributed by atoms with E-state index in [9.17, 15) is 9.18 Å². The number of hydrogen-bond acceptors (Lipinski definition) is 5. The third-order valence-electron chi connectivity index (χ3n) is 6.45. The number of aromatic nitrogens is 2. The Morgan fingerprint density at radius 1 is 1.07 bits per heavy atom. The van der Waals surface area contributed by atoms with E-state index >= 15 is 0 Å². The molecule has 0 spiro atoms. The van der Waals surface area contributed by atoms with Crippen molar-refractivity contribution in [3.05, 3.63) is 23.5 Å². The Morgan fingerprint density at radius 2 is 1.82 bits per heavy atom. The molecule has 28 heavy (non-hydrogen) atoms. The van der Waals surface area contributed by atoms with Crippen LogP contribution in [0.2, 0.25) is 0 Å². The molecule has 0 aliphatic carbocycles. The fourth-order valence-corrected chi connectivity index (χ4v) is 4.87. The van der Waals surface area contributed by atoms with E-state index in [2.05, 4.69) is 31.6 Å². The number of hydrogen-bond donors (Lipinski definition) is 1. The molecule has 0 saturated carbocycles. The molecule has 1 aromatic heterocycles. The van der Waals surface area contributed by atoms with Crippen molar-refractivity contribution in [3.8, 4) is 0 Å². The monoisotopic (exact) mass is 386 g/mol. The van der Waals surface area contributed by atoms with E-state index in [0.717, 1.165) is 37.6 Å². The zero-order valence-corrected chi connectivity index (χ0v) is 16.3. The number of likely N-dealkylation sites (tertiary alicyclic amines) is 1. The highest BCUT2D eigenvalue weighted by Crippen LogP contribution is 2.29. The van der Waals surface area contributed by atoms with Crippen molar-refractivity contribution in [3.63, 3.8) is 0 Å². The number of carbonyl (C=O) groups is 1. The minimum atomic E-state index is -0.414. The smallest absolute Gasteiger partial charge is 0.253 e. The summed E-state index contributed by atoms with van der Waals surface area (Å²) in [5.74, 6) is 0.228. The van der Waals surface area contributed by atoms with Crippen LogP contribution in [0.1, 0.15) is 23.2 Å². The van der Waals surface area contributed by atoms with Crippen LogP contribution in [0.5, 0.6) is 0 Å². The molecule has 2 aromatic rings. The van der Waals surface area contributed by atoms with Crippen LogP contribution >= 0.6 is 0 Å². The summed E-state index contributed by atoms with van der Waals surface area (Å²) < 4.78 is 16.1. The van der Waals surface area contributed by atoms with Gasteiger partial charge in [0.05, 0.1) is 16.6 Å². The molecule has 3 aliphatic heterocycles. The quantitative estimate of drug-likeness (QED) is 0.839. The summed E-state index contributed by atoms with van der Waals surface area (Å²) in [5, 5.41) is 2.86. The second-order valence-electron chi connectivity index (χ2n) is 8.20. The van der Waals surface area contributed by atoms with E-state index < -0.39 is 5.82 Å². The van der Waals surface area contributed by atoms with Crippen LogP contribution in [0.4, 0.5) is 10.3 Å². The van der Waals surface area contributed by atoms with Crippen molar-refractivity contribution in [2.24, 2.45) is 0 Å². The number of halogens is 1. The lowest BCUT2D eigenvalue weighted by Crippen LogP contribution is -2.53. The summed E-state index contributed by atoms with van der Waals surface area (Å²) in [7, 11) is 2.20. The van der Waals surface area contributed by atoms with E-state index in [-0.39, 0.29) is 5.91 Å². The first kappa shape index (κ1) is 17.9. The first-order chi connectivity index (χ1) is 13.6. The van der Waals surface area contributed by atoms with Crippen LogP contribution in [-0.2, 0) is 6.54 Å². The zero-order chi connectivity index (χ0) is 19.3. The Bertz CT molecular complexity index is 896. The molecular formula is C20H27FN6O. The lowest BCUT2D eigenvalue weighted by atomic mass is 10.0. The molecule has 7 nitrogen and oxygen atoms in total. The van der Waals surface area contributed by atoms with Gasteiger partial charge in [-0.15, -0.1) is 0 Å². The van der Waals surface area contributed by atoms with Gasteiger partial charge in [0.1, 0.15) is 5.82 Å². The molecule has 4 heterocycles. The second kappa shape index (κ2) is 7.00. The van der Waals surface area contributed by atoms with Gasteiger partial charge < -0.3 is 19.7 Å². The first-order valence-corrected chi connectivity index (χ1v) is 10.3. The highest BCUT2D eigenvalue weighted by molar-refractivity contribution is 6.06. The van der Waals surface area contributed by atoms with Crippen LogP contribution in [0.15, 0.2) is 12.1 Å². The Kier molecular flexibility index (Phi) is 4.47. The maximum atomic E-state index is 14.0. The van der Waals surface area contributed by atoms with Gasteiger partial charge in [0, 0.05) is 51.4 Å². The molecule has 8 heteroatoms. The van der Waals surface area contributed by atoms with Crippen LogP contribution in [0, 0.1) is 5.82 Å². The average Bonchev–Trinajstić information content (AvgIpc) is 2.97. The average molecular weight is 386 g/mol. The Hall–Kier alpha value is -2.19. The molecule has 2 fully saturated rings. The van der Waals surface area contributed by atoms with Crippen molar-refractivity contribution in [2.75, 3.05) is 57.8 Å². The van der Waals surface area contributed by atoms with Gasteiger partial charge in [0.25, 0.3) is 5.91 Å². The van der Waals surface area contributed by atoms with Gasteiger partial charge in [0.15, 0.2) is 0 Å². The van der Waals surface area contributed by atoms with Crippen molar-refractivity contribution in [1.82, 2.24) is 24.7 Å². The number of nitrogens with one attached hydrogen (secondary N) is 1. The third-order valence-corrected chi connectivity index (χ3v) is 6.45. The van der Waals surface area contributed by atoms with Gasteiger partial charge in [-0.1, -0.05) is 0 Å². The van der Waals surface area contributed by atoms with E-state index in [1.807, 2.05) is 0 Å². The van der Waals surface area contributed by atoms with Crippen LogP contribution in [0.3, 0.4) is 0 Å². The molecular weight excluding hydrogens is 359 g/mol. The number of benzene rings is 1. The van der Waals surface area contributed by atoms with Crippen molar-refractivity contribution < 1.29 is 9.18 Å². The van der Waals surface area contributed by atoms with Gasteiger partial charge in [-0.2, -0.15) is 0 Å². The summed E-state index contributed by atoms with van der Waals surface area (Å²) in [6.45, 7) is 7.41. The summed E-state index contributed by atoms with van der Waals surface area (Å²) in [5.41, 5.74) is 1.71. The second-order valence-corrected chi connectivity index (χ2v) is 8.20. The van der Waals surface area contributed by atoms with Crippen LogP contribution in [-0.4, -0.2) is 84.2 Å². The minimum Gasteiger partial charge on any atom is -0.350 e. The van der Waals surface area contributed by atoms with Gasteiger partial charge in [-0.3, -0.25) is 9.69 Å². The molecule has 3 aliphatic rings.